The van der Waals surface area contributed by atoms with Crippen molar-refractivity contribution in [3.05, 3.63) is 57.3 Å². The molecule has 0 spiro atoms. The molecule has 0 unspecified atom stereocenters. The van der Waals surface area contributed by atoms with E-state index in [2.05, 4.69) is 27.3 Å². The van der Waals surface area contributed by atoms with Gasteiger partial charge in [0.25, 0.3) is 0 Å². The van der Waals surface area contributed by atoms with E-state index in [9.17, 15) is 4.79 Å². The van der Waals surface area contributed by atoms with Crippen LogP contribution < -0.4 is 0 Å². The smallest absolute Gasteiger partial charge is 0.237 e. The highest BCUT2D eigenvalue weighted by atomic mass is 32.1. The molecule has 4 rings (SSSR count). The molecule has 5 nitrogen and oxygen atoms in total. The van der Waals surface area contributed by atoms with E-state index in [0.717, 1.165) is 58.7 Å². The number of thiophene rings is 1. The summed E-state index contributed by atoms with van der Waals surface area (Å²) >= 11 is 1.81. The quantitative estimate of drug-likeness (QED) is 0.800. The molecule has 2 aromatic rings. The lowest BCUT2D eigenvalue weighted by Gasteiger charge is -2.29. The predicted molar refractivity (Wildman–Crippen MR) is 111 cm³/mol. The summed E-state index contributed by atoms with van der Waals surface area (Å²) in [5.74, 6) is 0.261. The number of nitriles is 1. The first kappa shape index (κ1) is 19.1. The molecule has 1 saturated heterocycles. The lowest BCUT2D eigenvalue weighted by atomic mass is 10.1. The second kappa shape index (κ2) is 8.87. The molecule has 0 atom stereocenters. The summed E-state index contributed by atoms with van der Waals surface area (Å²) in [7, 11) is 0. The highest BCUT2D eigenvalue weighted by Crippen LogP contribution is 2.24. The van der Waals surface area contributed by atoms with Crippen LogP contribution in [0.3, 0.4) is 0 Å². The fraction of sp³-hybridized carbons (Fsp3) is 0.455. The van der Waals surface area contributed by atoms with Crippen LogP contribution >= 0.6 is 11.3 Å². The summed E-state index contributed by atoms with van der Waals surface area (Å²) in [5, 5.41) is 11.1. The van der Waals surface area contributed by atoms with Gasteiger partial charge in [0.1, 0.15) is 0 Å². The van der Waals surface area contributed by atoms with E-state index in [4.69, 9.17) is 5.26 Å². The van der Waals surface area contributed by atoms with Crippen LogP contribution in [0, 0.1) is 11.3 Å². The number of amides is 1. The van der Waals surface area contributed by atoms with Crippen LogP contribution in [0.2, 0.25) is 0 Å². The van der Waals surface area contributed by atoms with Gasteiger partial charge in [-0.15, -0.1) is 11.3 Å². The summed E-state index contributed by atoms with van der Waals surface area (Å²) in [4.78, 5) is 21.0. The number of fused-ring (bicyclic) bond motifs is 1. The third kappa shape index (κ3) is 4.61. The Morgan fingerprint density at radius 2 is 1.82 bits per heavy atom. The van der Waals surface area contributed by atoms with Crippen molar-refractivity contribution in [1.82, 2.24) is 14.7 Å². The first-order valence-corrected chi connectivity index (χ1v) is 10.9. The minimum Gasteiger partial charge on any atom is -0.337 e. The van der Waals surface area contributed by atoms with Gasteiger partial charge in [-0.2, -0.15) is 5.26 Å². The van der Waals surface area contributed by atoms with Gasteiger partial charge in [-0.25, -0.2) is 0 Å². The van der Waals surface area contributed by atoms with Crippen molar-refractivity contribution < 1.29 is 4.79 Å². The van der Waals surface area contributed by atoms with Crippen molar-refractivity contribution in [3.63, 3.8) is 0 Å². The maximum absolute atomic E-state index is 12.8. The van der Waals surface area contributed by atoms with E-state index >= 15 is 0 Å². The molecule has 146 valence electrons. The minimum absolute atomic E-state index is 0.261. The normalized spacial score (nSPS) is 18.3. The zero-order valence-electron chi connectivity index (χ0n) is 16.1. The fourth-order valence-corrected chi connectivity index (χ4v) is 4.93. The Labute approximate surface area is 170 Å². The van der Waals surface area contributed by atoms with E-state index in [1.807, 2.05) is 40.5 Å². The van der Waals surface area contributed by atoms with E-state index < -0.39 is 0 Å². The maximum atomic E-state index is 12.8. The fourth-order valence-electron chi connectivity index (χ4n) is 4.04. The molecule has 0 bridgehead atoms. The molecule has 1 amide bonds. The predicted octanol–water partition coefficient (Wildman–Crippen LogP) is 2.71. The third-order valence-electron chi connectivity index (χ3n) is 5.69. The van der Waals surface area contributed by atoms with Crippen molar-refractivity contribution in [2.24, 2.45) is 0 Å². The minimum atomic E-state index is 0.261. The average molecular weight is 395 g/mol. The van der Waals surface area contributed by atoms with Gasteiger partial charge in [0, 0.05) is 37.6 Å². The van der Waals surface area contributed by atoms with E-state index in [1.54, 1.807) is 0 Å². The second-order valence-electron chi connectivity index (χ2n) is 7.65. The lowest BCUT2D eigenvalue weighted by Crippen LogP contribution is -2.43. The van der Waals surface area contributed by atoms with Crippen LogP contribution in [0.15, 0.2) is 35.7 Å². The van der Waals surface area contributed by atoms with Crippen LogP contribution in [0.25, 0.3) is 0 Å². The number of nitrogens with zero attached hydrogens (tertiary/aromatic N) is 4. The first-order valence-electron chi connectivity index (χ1n) is 9.98. The molecule has 1 aromatic carbocycles. The third-order valence-corrected chi connectivity index (χ3v) is 6.71. The standard InChI is InChI=1S/C22H26N4OS/c23-14-18-2-4-19(5-3-18)15-24-8-1-9-25(12-11-24)17-22(27)26-10-6-21-20(16-26)7-13-28-21/h2-5,7,13H,1,6,8-12,15-17H2. The largest absolute Gasteiger partial charge is 0.337 e. The Hall–Kier alpha value is -2.20. The van der Waals surface area contributed by atoms with Gasteiger partial charge in [-0.3, -0.25) is 14.6 Å². The first-order chi connectivity index (χ1) is 13.7. The monoisotopic (exact) mass is 394 g/mol. The van der Waals surface area contributed by atoms with Crippen LogP contribution in [0.1, 0.15) is 28.0 Å². The molecular formula is C22H26N4OS. The molecule has 0 aliphatic carbocycles. The SMILES string of the molecule is N#Cc1ccc(CN2CCCN(CC(=O)N3CCc4sccc4C3)CC2)cc1. The van der Waals surface area contributed by atoms with Crippen LogP contribution in [0.5, 0.6) is 0 Å². The van der Waals surface area contributed by atoms with Crippen molar-refractivity contribution in [3.8, 4) is 6.07 Å². The van der Waals surface area contributed by atoms with Gasteiger partial charge < -0.3 is 4.90 Å². The number of carbonyl (C=O) groups is 1. The highest BCUT2D eigenvalue weighted by Gasteiger charge is 2.24. The Morgan fingerprint density at radius 1 is 1.04 bits per heavy atom. The van der Waals surface area contributed by atoms with Gasteiger partial charge >= 0.3 is 0 Å². The number of rotatable bonds is 4. The van der Waals surface area contributed by atoms with Gasteiger partial charge in [0.2, 0.25) is 5.91 Å². The summed E-state index contributed by atoms with van der Waals surface area (Å²) in [6.07, 6.45) is 2.08. The molecule has 2 aliphatic heterocycles. The van der Waals surface area contributed by atoms with Gasteiger partial charge in [0.15, 0.2) is 0 Å². The number of benzene rings is 1. The van der Waals surface area contributed by atoms with Gasteiger partial charge in [0.05, 0.1) is 18.2 Å². The summed E-state index contributed by atoms with van der Waals surface area (Å²) < 4.78 is 0. The number of hydrogen-bond acceptors (Lipinski definition) is 5. The van der Waals surface area contributed by atoms with Crippen molar-refractivity contribution in [1.29, 1.82) is 5.26 Å². The number of carbonyl (C=O) groups excluding carboxylic acids is 1. The average Bonchev–Trinajstić information content (AvgIpc) is 3.09. The second-order valence-corrected chi connectivity index (χ2v) is 8.65. The zero-order chi connectivity index (χ0) is 19.3. The Morgan fingerprint density at radius 3 is 2.64 bits per heavy atom. The van der Waals surface area contributed by atoms with Crippen molar-refractivity contribution in [2.45, 2.75) is 25.9 Å². The molecular weight excluding hydrogens is 368 g/mol. The molecule has 1 aromatic heterocycles. The highest BCUT2D eigenvalue weighted by molar-refractivity contribution is 7.10. The van der Waals surface area contributed by atoms with Crippen molar-refractivity contribution >= 4 is 17.2 Å². The van der Waals surface area contributed by atoms with E-state index in [1.165, 1.54) is 16.0 Å². The van der Waals surface area contributed by atoms with Crippen LogP contribution in [-0.2, 0) is 24.3 Å². The van der Waals surface area contributed by atoms with Gasteiger partial charge in [-0.05, 0) is 60.6 Å². The van der Waals surface area contributed by atoms with Crippen LogP contribution in [0.4, 0.5) is 0 Å². The maximum Gasteiger partial charge on any atom is 0.237 e. The topological polar surface area (TPSA) is 50.6 Å². The summed E-state index contributed by atoms with van der Waals surface area (Å²) in [6, 6.07) is 12.2. The summed E-state index contributed by atoms with van der Waals surface area (Å²) in [5.41, 5.74) is 3.27. The molecule has 1 fully saturated rings. The molecule has 0 radical (unpaired) electrons. The van der Waals surface area contributed by atoms with Crippen LogP contribution in [-0.4, -0.2) is 59.9 Å². The Kier molecular flexibility index (Phi) is 6.06. The van der Waals surface area contributed by atoms with E-state index in [0.29, 0.717) is 12.1 Å². The molecule has 3 heterocycles. The zero-order valence-corrected chi connectivity index (χ0v) is 17.0. The van der Waals surface area contributed by atoms with E-state index in [-0.39, 0.29) is 5.91 Å². The number of hydrogen-bond donors (Lipinski definition) is 0. The lowest BCUT2D eigenvalue weighted by molar-refractivity contribution is -0.133. The molecule has 0 N–H and O–H groups in total. The Balaban J connectivity index is 1.27. The summed E-state index contributed by atoms with van der Waals surface area (Å²) in [6.45, 7) is 6.99. The molecule has 28 heavy (non-hydrogen) atoms. The molecule has 0 saturated carbocycles. The van der Waals surface area contributed by atoms with Crippen molar-refractivity contribution in [2.75, 3.05) is 39.3 Å². The molecule has 2 aliphatic rings. The Bertz CT molecular complexity index is 854. The van der Waals surface area contributed by atoms with Gasteiger partial charge in [-0.1, -0.05) is 12.1 Å². The molecule has 6 heteroatoms.